The largest absolute Gasteiger partial charge is 0.284 e. The first-order chi connectivity index (χ1) is 10.9. The van der Waals surface area contributed by atoms with Crippen LogP contribution in [0.5, 0.6) is 0 Å². The number of nitro benzene ring substituents is 2. The molecule has 0 saturated heterocycles. The molecule has 6 nitrogen and oxygen atoms in total. The summed E-state index contributed by atoms with van der Waals surface area (Å²) in [6.07, 6.45) is 0. The first-order valence-electron chi connectivity index (χ1n) is 6.40. The molecule has 2 aromatic carbocycles. The molecule has 0 amide bonds. The Morgan fingerprint density at radius 3 is 1.52 bits per heavy atom. The summed E-state index contributed by atoms with van der Waals surface area (Å²) in [6, 6.07) is 10.0. The molecule has 2 rings (SSSR count). The van der Waals surface area contributed by atoms with E-state index in [2.05, 4.69) is 0 Å². The first-order valence-corrected chi connectivity index (χ1v) is 9.88. The Morgan fingerprint density at radius 2 is 1.17 bits per heavy atom. The number of nitro groups is 2. The lowest BCUT2D eigenvalue weighted by Gasteiger charge is -2.04. The van der Waals surface area contributed by atoms with Gasteiger partial charge in [0.15, 0.2) is 0 Å². The van der Waals surface area contributed by atoms with E-state index in [1.807, 2.05) is 0 Å². The minimum Gasteiger partial charge on any atom is -0.258 e. The molecule has 120 valence electrons. The number of rotatable bonds is 6. The molecule has 0 aliphatic carbocycles. The van der Waals surface area contributed by atoms with Crippen LogP contribution in [0.25, 0.3) is 0 Å². The Balaban J connectivity index is 2.12. The molecule has 0 bridgehead atoms. The van der Waals surface area contributed by atoms with E-state index in [0.29, 0.717) is 9.79 Å². The summed E-state index contributed by atoms with van der Waals surface area (Å²) < 4.78 is 0. The molecule has 0 atom stereocenters. The van der Waals surface area contributed by atoms with E-state index in [9.17, 15) is 20.2 Å². The number of aryl methyl sites for hydroxylation is 2. The van der Waals surface area contributed by atoms with Crippen LogP contribution in [0, 0.1) is 34.1 Å². The topological polar surface area (TPSA) is 86.3 Å². The molecule has 0 aliphatic rings. The van der Waals surface area contributed by atoms with Crippen LogP contribution >= 0.6 is 31.4 Å². The molecule has 0 N–H and O–H groups in total. The Hall–Kier alpha value is -1.71. The van der Waals surface area contributed by atoms with Crippen LogP contribution in [0.1, 0.15) is 11.1 Å². The second kappa shape index (κ2) is 7.71. The van der Waals surface area contributed by atoms with Crippen LogP contribution in [0.15, 0.2) is 46.2 Å². The van der Waals surface area contributed by atoms with Crippen LogP contribution in [0.4, 0.5) is 11.4 Å². The van der Waals surface area contributed by atoms with Gasteiger partial charge in [0.05, 0.1) is 19.6 Å². The number of hydrogen-bond acceptors (Lipinski definition) is 7. The Kier molecular flexibility index (Phi) is 5.91. The molecule has 0 unspecified atom stereocenters. The van der Waals surface area contributed by atoms with Crippen LogP contribution in [-0.2, 0) is 0 Å². The van der Waals surface area contributed by atoms with Crippen molar-refractivity contribution in [3.8, 4) is 0 Å². The number of nitrogens with zero attached hydrogens (tertiary/aromatic N) is 2. The third kappa shape index (κ3) is 4.63. The summed E-state index contributed by atoms with van der Waals surface area (Å²) in [5.41, 5.74) is 1.71. The average molecular weight is 368 g/mol. The summed E-state index contributed by atoms with van der Waals surface area (Å²) in [5.74, 6) is 0. The van der Waals surface area contributed by atoms with E-state index in [1.54, 1.807) is 38.1 Å². The van der Waals surface area contributed by atoms with Gasteiger partial charge in [-0.3, -0.25) is 20.2 Å². The Bertz CT molecular complexity index is 704. The number of hydrogen-bond donors (Lipinski definition) is 0. The summed E-state index contributed by atoms with van der Waals surface area (Å²) in [7, 11) is 3.70. The van der Waals surface area contributed by atoms with Gasteiger partial charge in [-0.25, -0.2) is 0 Å². The fourth-order valence-electron chi connectivity index (χ4n) is 1.77. The molecular formula is C14H12N2O4S3. The van der Waals surface area contributed by atoms with Crippen molar-refractivity contribution in [3.05, 3.63) is 67.8 Å². The van der Waals surface area contributed by atoms with Gasteiger partial charge in [0.1, 0.15) is 0 Å². The SMILES string of the molecule is Cc1ccc(SSSc2ccc(C)cc2[N+](=O)[O-])c([N+](=O)[O-])c1. The lowest BCUT2D eigenvalue weighted by Crippen LogP contribution is -1.91. The molecule has 2 aromatic rings. The summed E-state index contributed by atoms with van der Waals surface area (Å²) in [5, 5.41) is 22.1. The molecule has 23 heavy (non-hydrogen) atoms. The minimum absolute atomic E-state index is 0.0431. The molecule has 0 heterocycles. The Labute approximate surface area is 144 Å². The Morgan fingerprint density at radius 1 is 0.783 bits per heavy atom. The standard InChI is InChI=1S/C14H12N2O4S3/c1-9-3-5-13(11(7-9)15(17)18)21-23-22-14-6-4-10(2)8-12(14)16(19)20/h3-8H,1-2H3. The van der Waals surface area contributed by atoms with Gasteiger partial charge in [0, 0.05) is 12.1 Å². The van der Waals surface area contributed by atoms with Crippen molar-refractivity contribution in [1.82, 2.24) is 0 Å². The highest BCUT2D eigenvalue weighted by molar-refractivity contribution is 9.09. The maximum atomic E-state index is 11.1. The third-order valence-corrected chi connectivity index (χ3v) is 6.77. The molecular weight excluding hydrogens is 356 g/mol. The van der Waals surface area contributed by atoms with E-state index in [-0.39, 0.29) is 11.4 Å². The van der Waals surface area contributed by atoms with Crippen LogP contribution < -0.4 is 0 Å². The monoisotopic (exact) mass is 368 g/mol. The van der Waals surface area contributed by atoms with Crippen LogP contribution in [-0.4, -0.2) is 9.85 Å². The second-order valence-corrected chi connectivity index (χ2v) is 8.67. The zero-order chi connectivity index (χ0) is 17.0. The van der Waals surface area contributed by atoms with E-state index < -0.39 is 9.85 Å². The van der Waals surface area contributed by atoms with Crippen molar-refractivity contribution < 1.29 is 9.85 Å². The lowest BCUT2D eigenvalue weighted by molar-refractivity contribution is -0.387. The molecule has 0 aliphatic heterocycles. The van der Waals surface area contributed by atoms with Crippen LogP contribution in [0.3, 0.4) is 0 Å². The van der Waals surface area contributed by atoms with Gasteiger partial charge in [0.25, 0.3) is 11.4 Å². The van der Waals surface area contributed by atoms with Crippen molar-refractivity contribution in [2.24, 2.45) is 0 Å². The van der Waals surface area contributed by atoms with Crippen LogP contribution in [0.2, 0.25) is 0 Å². The van der Waals surface area contributed by atoms with Crippen molar-refractivity contribution in [1.29, 1.82) is 0 Å². The second-order valence-electron chi connectivity index (χ2n) is 4.69. The molecule has 0 spiro atoms. The maximum Gasteiger partial charge on any atom is 0.284 e. The van der Waals surface area contributed by atoms with Gasteiger partial charge in [-0.15, -0.1) is 0 Å². The fraction of sp³-hybridized carbons (Fsp3) is 0.143. The molecule has 0 fully saturated rings. The van der Waals surface area contributed by atoms with Crippen molar-refractivity contribution in [2.75, 3.05) is 0 Å². The van der Waals surface area contributed by atoms with Gasteiger partial charge in [-0.05, 0) is 68.5 Å². The molecule has 0 aromatic heterocycles. The van der Waals surface area contributed by atoms with E-state index in [1.165, 1.54) is 43.5 Å². The van der Waals surface area contributed by atoms with Gasteiger partial charge >= 0.3 is 0 Å². The van der Waals surface area contributed by atoms with Gasteiger partial charge in [-0.1, -0.05) is 12.1 Å². The van der Waals surface area contributed by atoms with E-state index in [4.69, 9.17) is 0 Å². The molecule has 0 radical (unpaired) electrons. The minimum atomic E-state index is -0.422. The lowest BCUT2D eigenvalue weighted by atomic mass is 10.2. The highest BCUT2D eigenvalue weighted by Gasteiger charge is 2.17. The smallest absolute Gasteiger partial charge is 0.258 e. The summed E-state index contributed by atoms with van der Waals surface area (Å²) >= 11 is 0. The average Bonchev–Trinajstić information content (AvgIpc) is 2.49. The predicted molar refractivity (Wildman–Crippen MR) is 95.0 cm³/mol. The van der Waals surface area contributed by atoms with Crippen molar-refractivity contribution >= 4 is 42.8 Å². The van der Waals surface area contributed by atoms with Gasteiger partial charge in [-0.2, -0.15) is 0 Å². The zero-order valence-corrected chi connectivity index (χ0v) is 14.7. The highest BCUT2D eigenvalue weighted by Crippen LogP contribution is 2.49. The van der Waals surface area contributed by atoms with E-state index in [0.717, 1.165) is 11.1 Å². The van der Waals surface area contributed by atoms with Crippen molar-refractivity contribution in [3.63, 3.8) is 0 Å². The maximum absolute atomic E-state index is 11.1. The predicted octanol–water partition coefficient (Wildman–Crippen LogP) is 5.57. The highest BCUT2D eigenvalue weighted by atomic mass is 33.5. The third-order valence-electron chi connectivity index (χ3n) is 2.87. The summed E-state index contributed by atoms with van der Waals surface area (Å²) in [6.45, 7) is 3.58. The normalized spacial score (nSPS) is 10.5. The first kappa shape index (κ1) is 17.6. The van der Waals surface area contributed by atoms with Crippen molar-refractivity contribution in [2.45, 2.75) is 23.6 Å². The molecule has 0 saturated carbocycles. The van der Waals surface area contributed by atoms with E-state index >= 15 is 0 Å². The fourth-order valence-corrected chi connectivity index (χ4v) is 5.65. The summed E-state index contributed by atoms with van der Waals surface area (Å²) in [4.78, 5) is 22.3. The quantitative estimate of drug-likeness (QED) is 0.374. The molecule has 9 heteroatoms. The van der Waals surface area contributed by atoms with Gasteiger partial charge < -0.3 is 0 Å². The number of benzene rings is 2. The van der Waals surface area contributed by atoms with Gasteiger partial charge in [0.2, 0.25) is 0 Å². The zero-order valence-electron chi connectivity index (χ0n) is 12.2.